The van der Waals surface area contributed by atoms with Gasteiger partial charge in [0, 0.05) is 22.8 Å². The fourth-order valence-corrected chi connectivity index (χ4v) is 5.46. The first-order valence-corrected chi connectivity index (χ1v) is 13.4. The largest absolute Gasteiger partial charge is 0.345 e. The Morgan fingerprint density at radius 2 is 1.86 bits per heavy atom. The third-order valence-corrected chi connectivity index (χ3v) is 7.34. The summed E-state index contributed by atoms with van der Waals surface area (Å²) in [4.78, 5) is 27.8. The molecule has 0 atom stereocenters. The summed E-state index contributed by atoms with van der Waals surface area (Å²) in [6.45, 7) is 2.81. The second-order valence-corrected chi connectivity index (χ2v) is 10.2. The van der Waals surface area contributed by atoms with E-state index in [0.717, 1.165) is 29.8 Å². The van der Waals surface area contributed by atoms with E-state index < -0.39 is 0 Å². The van der Waals surface area contributed by atoms with Gasteiger partial charge in [-0.1, -0.05) is 65.3 Å². The number of benzene rings is 3. The van der Waals surface area contributed by atoms with Gasteiger partial charge >= 0.3 is 0 Å². The van der Waals surface area contributed by atoms with Gasteiger partial charge < -0.3 is 10.2 Å². The third-order valence-electron chi connectivity index (χ3n) is 6.19. The van der Waals surface area contributed by atoms with E-state index in [2.05, 4.69) is 21.6 Å². The van der Waals surface area contributed by atoms with E-state index in [0.29, 0.717) is 28.1 Å². The zero-order valence-corrected chi connectivity index (χ0v) is 21.9. The number of fused-ring (bicyclic) bond motifs is 1. The maximum Gasteiger partial charge on any atom is 0.251 e. The first kappa shape index (κ1) is 25.0. The van der Waals surface area contributed by atoms with Gasteiger partial charge in [0.1, 0.15) is 0 Å². The molecule has 0 fully saturated rings. The zero-order chi connectivity index (χ0) is 25.8. The number of anilines is 1. The van der Waals surface area contributed by atoms with Crippen LogP contribution in [0.4, 0.5) is 5.69 Å². The molecule has 2 amide bonds. The summed E-state index contributed by atoms with van der Waals surface area (Å²) in [6, 6.07) is 22.8. The van der Waals surface area contributed by atoms with Crippen molar-refractivity contribution >= 4 is 40.9 Å². The molecule has 5 rings (SSSR count). The van der Waals surface area contributed by atoms with E-state index >= 15 is 0 Å². The minimum atomic E-state index is -0.197. The highest BCUT2D eigenvalue weighted by Crippen LogP contribution is 2.29. The molecule has 188 valence electrons. The number of nitrogens with zero attached hydrogens (tertiary/aromatic N) is 4. The molecule has 0 radical (unpaired) electrons. The number of aryl methyl sites for hydroxylation is 2. The lowest BCUT2D eigenvalue weighted by molar-refractivity contribution is -0.116. The lowest BCUT2D eigenvalue weighted by Crippen LogP contribution is -2.36. The Morgan fingerprint density at radius 1 is 1.03 bits per heavy atom. The Bertz CT molecular complexity index is 1450. The number of rotatable bonds is 7. The molecule has 0 aliphatic carbocycles. The van der Waals surface area contributed by atoms with Gasteiger partial charge in [-0.25, -0.2) is 0 Å². The molecule has 0 spiro atoms. The summed E-state index contributed by atoms with van der Waals surface area (Å²) in [7, 11) is 0. The van der Waals surface area contributed by atoms with Crippen LogP contribution >= 0.6 is 23.4 Å². The lowest BCUT2D eigenvalue weighted by Gasteiger charge is -2.29. The first-order chi connectivity index (χ1) is 18.0. The standard InChI is InChI=1S/C28H26ClN5O2S/c1-19-7-4-9-21(15-19)27(36)30-17-25-31-32-28(34(25)23-12-5-11-22(29)16-23)37-18-26(35)33-14-6-10-20-8-2-3-13-24(20)33/h2-5,7-9,11-13,15-16H,6,10,14,17-18H2,1H3,(H,30,36). The first-order valence-electron chi connectivity index (χ1n) is 12.1. The molecule has 3 aromatic carbocycles. The van der Waals surface area contributed by atoms with Gasteiger partial charge in [-0.3, -0.25) is 14.2 Å². The van der Waals surface area contributed by atoms with Crippen molar-refractivity contribution < 1.29 is 9.59 Å². The van der Waals surface area contributed by atoms with Crippen LogP contribution < -0.4 is 10.2 Å². The van der Waals surface area contributed by atoms with Gasteiger partial charge in [0.05, 0.1) is 18.0 Å². The SMILES string of the molecule is Cc1cccc(C(=O)NCc2nnc(SCC(=O)N3CCCc4ccccc43)n2-c2cccc(Cl)c2)c1. The fourth-order valence-electron chi connectivity index (χ4n) is 4.43. The quantitative estimate of drug-likeness (QED) is 0.330. The number of hydrogen-bond acceptors (Lipinski definition) is 5. The number of carbonyl (C=O) groups excluding carboxylic acids is 2. The van der Waals surface area contributed by atoms with Crippen molar-refractivity contribution in [3.05, 3.63) is 100 Å². The maximum absolute atomic E-state index is 13.2. The van der Waals surface area contributed by atoms with Crippen LogP contribution in [-0.4, -0.2) is 38.9 Å². The van der Waals surface area contributed by atoms with Crippen molar-refractivity contribution in [3.63, 3.8) is 0 Å². The minimum absolute atomic E-state index is 0.0205. The molecule has 1 aliphatic rings. The highest BCUT2D eigenvalue weighted by atomic mass is 35.5. The normalized spacial score (nSPS) is 12.8. The molecule has 7 nitrogen and oxygen atoms in total. The predicted octanol–water partition coefficient (Wildman–Crippen LogP) is 5.23. The highest BCUT2D eigenvalue weighted by molar-refractivity contribution is 7.99. The number of aromatic nitrogens is 3. The number of amides is 2. The van der Waals surface area contributed by atoms with E-state index in [1.54, 1.807) is 12.1 Å². The second kappa shape index (κ2) is 11.2. The molecule has 0 saturated heterocycles. The Balaban J connectivity index is 1.35. The summed E-state index contributed by atoms with van der Waals surface area (Å²) in [6.07, 6.45) is 1.92. The highest BCUT2D eigenvalue weighted by Gasteiger charge is 2.24. The number of para-hydroxylation sites is 1. The van der Waals surface area contributed by atoms with Crippen molar-refractivity contribution in [2.24, 2.45) is 0 Å². The molecule has 37 heavy (non-hydrogen) atoms. The Kier molecular flexibility index (Phi) is 7.58. The third kappa shape index (κ3) is 5.70. The molecule has 2 heterocycles. The van der Waals surface area contributed by atoms with Gasteiger partial charge in [0.2, 0.25) is 5.91 Å². The Hall–Kier alpha value is -3.62. The maximum atomic E-state index is 13.2. The summed E-state index contributed by atoms with van der Waals surface area (Å²) < 4.78 is 1.84. The number of nitrogens with one attached hydrogen (secondary N) is 1. The molecular weight excluding hydrogens is 506 g/mol. The molecule has 4 aromatic rings. The summed E-state index contributed by atoms with van der Waals surface area (Å²) in [5, 5.41) is 12.8. The Morgan fingerprint density at radius 3 is 2.70 bits per heavy atom. The fraction of sp³-hybridized carbons (Fsp3) is 0.214. The molecular formula is C28H26ClN5O2S. The van der Waals surface area contributed by atoms with Crippen LogP contribution in [0.5, 0.6) is 0 Å². The van der Waals surface area contributed by atoms with Gasteiger partial charge in [-0.15, -0.1) is 10.2 Å². The van der Waals surface area contributed by atoms with Crippen molar-refractivity contribution in [1.29, 1.82) is 0 Å². The molecule has 0 unspecified atom stereocenters. The van der Waals surface area contributed by atoms with Crippen LogP contribution in [0.2, 0.25) is 5.02 Å². The van der Waals surface area contributed by atoms with Gasteiger partial charge in [-0.2, -0.15) is 0 Å². The van der Waals surface area contributed by atoms with Crippen molar-refractivity contribution in [2.45, 2.75) is 31.5 Å². The molecule has 0 saturated carbocycles. The van der Waals surface area contributed by atoms with E-state index in [4.69, 9.17) is 11.6 Å². The molecule has 0 bridgehead atoms. The van der Waals surface area contributed by atoms with Gasteiger partial charge in [0.25, 0.3) is 5.91 Å². The van der Waals surface area contributed by atoms with E-state index in [1.165, 1.54) is 17.3 Å². The van der Waals surface area contributed by atoms with Crippen LogP contribution in [-0.2, 0) is 17.8 Å². The van der Waals surface area contributed by atoms with Crippen LogP contribution in [0.1, 0.15) is 33.7 Å². The molecule has 9 heteroatoms. The van der Waals surface area contributed by atoms with Crippen molar-refractivity contribution in [2.75, 3.05) is 17.2 Å². The smallest absolute Gasteiger partial charge is 0.251 e. The van der Waals surface area contributed by atoms with Crippen molar-refractivity contribution in [1.82, 2.24) is 20.1 Å². The minimum Gasteiger partial charge on any atom is -0.345 e. The lowest BCUT2D eigenvalue weighted by atomic mass is 10.0. The molecule has 1 N–H and O–H groups in total. The molecule has 1 aliphatic heterocycles. The monoisotopic (exact) mass is 531 g/mol. The van der Waals surface area contributed by atoms with Crippen LogP contribution in [0.3, 0.4) is 0 Å². The average Bonchev–Trinajstić information content (AvgIpc) is 3.32. The van der Waals surface area contributed by atoms with Gasteiger partial charge in [-0.05, 0) is 61.7 Å². The van der Waals surface area contributed by atoms with E-state index in [-0.39, 0.29) is 24.1 Å². The summed E-state index contributed by atoms with van der Waals surface area (Å²) in [5.41, 5.74) is 4.52. The van der Waals surface area contributed by atoms with Crippen LogP contribution in [0, 0.1) is 6.92 Å². The topological polar surface area (TPSA) is 80.1 Å². The number of thioether (sulfide) groups is 1. The van der Waals surface area contributed by atoms with Crippen LogP contribution in [0.25, 0.3) is 5.69 Å². The number of carbonyl (C=O) groups is 2. The van der Waals surface area contributed by atoms with E-state index in [9.17, 15) is 9.59 Å². The predicted molar refractivity (Wildman–Crippen MR) is 147 cm³/mol. The molecule has 1 aromatic heterocycles. The summed E-state index contributed by atoms with van der Waals surface area (Å²) in [5.74, 6) is 0.578. The summed E-state index contributed by atoms with van der Waals surface area (Å²) >= 11 is 7.59. The van der Waals surface area contributed by atoms with Gasteiger partial charge in [0.15, 0.2) is 11.0 Å². The van der Waals surface area contributed by atoms with E-state index in [1.807, 2.05) is 71.0 Å². The zero-order valence-electron chi connectivity index (χ0n) is 20.4. The Labute approximate surface area is 224 Å². The van der Waals surface area contributed by atoms with Crippen LogP contribution in [0.15, 0.2) is 78.0 Å². The second-order valence-electron chi connectivity index (χ2n) is 8.83. The number of hydrogen-bond donors (Lipinski definition) is 1. The average molecular weight is 532 g/mol. The number of halogens is 1. The van der Waals surface area contributed by atoms with Crippen molar-refractivity contribution in [3.8, 4) is 5.69 Å².